The van der Waals surface area contributed by atoms with E-state index in [0.717, 1.165) is 26.0 Å². The molecule has 0 unspecified atom stereocenters. The summed E-state index contributed by atoms with van der Waals surface area (Å²) in [5.41, 5.74) is 0.459. The van der Waals surface area contributed by atoms with Crippen molar-refractivity contribution in [3.8, 4) is 6.07 Å². The van der Waals surface area contributed by atoms with Gasteiger partial charge in [0, 0.05) is 20.3 Å². The lowest BCUT2D eigenvalue weighted by Gasteiger charge is -2.06. The van der Waals surface area contributed by atoms with Crippen LogP contribution >= 0.6 is 0 Å². The number of benzene rings is 1. The van der Waals surface area contributed by atoms with Gasteiger partial charge in [-0.05, 0) is 43.7 Å². The zero-order chi connectivity index (χ0) is 14.8. The highest BCUT2D eigenvalue weighted by atomic mass is 32.2. The fourth-order valence-electron chi connectivity index (χ4n) is 1.68. The van der Waals surface area contributed by atoms with Gasteiger partial charge in [0.1, 0.15) is 0 Å². The van der Waals surface area contributed by atoms with Crippen LogP contribution < -0.4 is 5.32 Å². The predicted molar refractivity (Wildman–Crippen MR) is 77.2 cm³/mol. The van der Waals surface area contributed by atoms with Gasteiger partial charge in [-0.25, -0.2) is 8.42 Å². The predicted octanol–water partition coefficient (Wildman–Crippen LogP) is 1.35. The van der Waals surface area contributed by atoms with Crippen molar-refractivity contribution >= 4 is 9.84 Å². The zero-order valence-corrected chi connectivity index (χ0v) is 12.4. The molecule has 5 nitrogen and oxygen atoms in total. The second-order valence-corrected chi connectivity index (χ2v) is 6.51. The summed E-state index contributed by atoms with van der Waals surface area (Å²) in [7, 11) is -1.61. The zero-order valence-electron chi connectivity index (χ0n) is 11.6. The van der Waals surface area contributed by atoms with Crippen molar-refractivity contribution in [1.29, 1.82) is 5.26 Å². The molecular formula is C14H20N2O3S. The minimum absolute atomic E-state index is 0.0587. The van der Waals surface area contributed by atoms with Gasteiger partial charge in [-0.15, -0.1) is 0 Å². The molecule has 0 aromatic heterocycles. The highest BCUT2D eigenvalue weighted by molar-refractivity contribution is 7.91. The number of nitriles is 1. The van der Waals surface area contributed by atoms with Crippen LogP contribution in [-0.4, -0.2) is 41.0 Å². The molecule has 0 amide bonds. The molecule has 0 fully saturated rings. The van der Waals surface area contributed by atoms with E-state index in [2.05, 4.69) is 5.32 Å². The Morgan fingerprint density at radius 1 is 1.20 bits per heavy atom. The van der Waals surface area contributed by atoms with Crippen molar-refractivity contribution in [2.75, 3.05) is 32.6 Å². The van der Waals surface area contributed by atoms with E-state index in [1.165, 1.54) is 24.3 Å². The summed E-state index contributed by atoms with van der Waals surface area (Å²) in [5.74, 6) is 0.0587. The lowest BCUT2D eigenvalue weighted by molar-refractivity contribution is 0.192. The topological polar surface area (TPSA) is 79.2 Å². The summed E-state index contributed by atoms with van der Waals surface area (Å²) in [6.45, 7) is 1.94. The first-order chi connectivity index (χ1) is 9.60. The monoisotopic (exact) mass is 296 g/mol. The Balaban J connectivity index is 2.36. The van der Waals surface area contributed by atoms with Crippen molar-refractivity contribution < 1.29 is 13.2 Å². The molecule has 0 bridgehead atoms. The van der Waals surface area contributed by atoms with Crippen LogP contribution in [0.4, 0.5) is 0 Å². The molecule has 1 aromatic carbocycles. The smallest absolute Gasteiger partial charge is 0.179 e. The first-order valence-corrected chi connectivity index (χ1v) is 8.18. The second-order valence-electron chi connectivity index (χ2n) is 4.40. The molecule has 1 rings (SSSR count). The highest BCUT2D eigenvalue weighted by Gasteiger charge is 2.13. The molecule has 0 aliphatic rings. The minimum atomic E-state index is -3.28. The summed E-state index contributed by atoms with van der Waals surface area (Å²) in [5, 5.41) is 11.8. The molecular weight excluding hydrogens is 276 g/mol. The van der Waals surface area contributed by atoms with Crippen LogP contribution in [-0.2, 0) is 14.6 Å². The quantitative estimate of drug-likeness (QED) is 0.696. The molecule has 0 heterocycles. The molecule has 1 N–H and O–H groups in total. The van der Waals surface area contributed by atoms with Crippen LogP contribution in [0.3, 0.4) is 0 Å². The Labute approximate surface area is 120 Å². The van der Waals surface area contributed by atoms with E-state index in [1.807, 2.05) is 6.07 Å². The van der Waals surface area contributed by atoms with Crippen molar-refractivity contribution in [1.82, 2.24) is 5.32 Å². The molecule has 0 atom stereocenters. The molecule has 110 valence electrons. The highest BCUT2D eigenvalue weighted by Crippen LogP contribution is 2.11. The molecule has 0 saturated heterocycles. The van der Waals surface area contributed by atoms with E-state index in [4.69, 9.17) is 10.00 Å². The third-order valence-corrected chi connectivity index (χ3v) is 4.57. The third kappa shape index (κ3) is 5.70. The number of sulfone groups is 1. The maximum atomic E-state index is 12.0. The number of nitrogens with one attached hydrogen (secondary N) is 1. The summed E-state index contributed by atoms with van der Waals surface area (Å²) >= 11 is 0. The van der Waals surface area contributed by atoms with E-state index < -0.39 is 9.84 Å². The maximum Gasteiger partial charge on any atom is 0.179 e. The van der Waals surface area contributed by atoms with Crippen LogP contribution in [0.1, 0.15) is 18.4 Å². The normalized spacial score (nSPS) is 11.2. The summed E-state index contributed by atoms with van der Waals surface area (Å²) in [6, 6.07) is 7.96. The van der Waals surface area contributed by atoms with Crippen molar-refractivity contribution in [2.24, 2.45) is 0 Å². The SMILES string of the molecule is COCCCCNCCS(=O)(=O)c1ccc(C#N)cc1. The average molecular weight is 296 g/mol. The van der Waals surface area contributed by atoms with Crippen LogP contribution in [0.2, 0.25) is 0 Å². The van der Waals surface area contributed by atoms with Crippen molar-refractivity contribution in [3.05, 3.63) is 29.8 Å². The number of ether oxygens (including phenoxy) is 1. The Morgan fingerprint density at radius 3 is 2.50 bits per heavy atom. The first-order valence-electron chi connectivity index (χ1n) is 6.53. The number of hydrogen-bond acceptors (Lipinski definition) is 5. The first kappa shape index (κ1) is 16.6. The Bertz CT molecular complexity index is 533. The molecule has 0 spiro atoms. The van der Waals surface area contributed by atoms with E-state index in [-0.39, 0.29) is 10.6 Å². The van der Waals surface area contributed by atoms with Crippen LogP contribution in [0.25, 0.3) is 0 Å². The van der Waals surface area contributed by atoms with Gasteiger partial charge in [-0.2, -0.15) is 5.26 Å². The number of rotatable bonds is 9. The Kier molecular flexibility index (Phi) is 7.23. The Morgan fingerprint density at radius 2 is 1.90 bits per heavy atom. The van der Waals surface area contributed by atoms with Crippen LogP contribution in [0.5, 0.6) is 0 Å². The van der Waals surface area contributed by atoms with Gasteiger partial charge in [0.25, 0.3) is 0 Å². The maximum absolute atomic E-state index is 12.0. The number of methoxy groups -OCH3 is 1. The number of hydrogen-bond donors (Lipinski definition) is 1. The van der Waals surface area contributed by atoms with Gasteiger partial charge in [0.05, 0.1) is 22.3 Å². The van der Waals surface area contributed by atoms with Gasteiger partial charge in [0.15, 0.2) is 9.84 Å². The molecule has 6 heteroatoms. The summed E-state index contributed by atoms with van der Waals surface area (Å²) in [6.07, 6.45) is 1.93. The molecule has 0 radical (unpaired) electrons. The summed E-state index contributed by atoms with van der Waals surface area (Å²) < 4.78 is 29.0. The molecule has 0 aliphatic heterocycles. The van der Waals surface area contributed by atoms with E-state index in [0.29, 0.717) is 12.1 Å². The third-order valence-electron chi connectivity index (χ3n) is 2.84. The van der Waals surface area contributed by atoms with Gasteiger partial charge >= 0.3 is 0 Å². The van der Waals surface area contributed by atoms with E-state index in [9.17, 15) is 8.42 Å². The number of unbranched alkanes of at least 4 members (excludes halogenated alkanes) is 1. The van der Waals surface area contributed by atoms with Gasteiger partial charge < -0.3 is 10.1 Å². The second kappa shape index (κ2) is 8.69. The lowest BCUT2D eigenvalue weighted by atomic mass is 10.2. The van der Waals surface area contributed by atoms with E-state index >= 15 is 0 Å². The van der Waals surface area contributed by atoms with Gasteiger partial charge in [-0.1, -0.05) is 0 Å². The molecule has 20 heavy (non-hydrogen) atoms. The van der Waals surface area contributed by atoms with Gasteiger partial charge in [-0.3, -0.25) is 0 Å². The largest absolute Gasteiger partial charge is 0.385 e. The minimum Gasteiger partial charge on any atom is -0.385 e. The Hall–Kier alpha value is -1.42. The lowest BCUT2D eigenvalue weighted by Crippen LogP contribution is -2.24. The standard InChI is InChI=1S/C14H20N2O3S/c1-19-10-3-2-8-16-9-11-20(17,18)14-6-4-13(12-15)5-7-14/h4-7,16H,2-3,8-11H2,1H3. The molecule has 1 aromatic rings. The summed E-state index contributed by atoms with van der Waals surface area (Å²) in [4.78, 5) is 0.262. The molecule has 0 aliphatic carbocycles. The fraction of sp³-hybridized carbons (Fsp3) is 0.500. The average Bonchev–Trinajstić information content (AvgIpc) is 2.46. The van der Waals surface area contributed by atoms with Crippen LogP contribution in [0, 0.1) is 11.3 Å². The number of nitrogens with zero attached hydrogens (tertiary/aromatic N) is 1. The van der Waals surface area contributed by atoms with Crippen molar-refractivity contribution in [2.45, 2.75) is 17.7 Å². The molecule has 0 saturated carbocycles. The van der Waals surface area contributed by atoms with E-state index in [1.54, 1.807) is 7.11 Å². The van der Waals surface area contributed by atoms with Gasteiger partial charge in [0.2, 0.25) is 0 Å². The van der Waals surface area contributed by atoms with Crippen LogP contribution in [0.15, 0.2) is 29.2 Å². The van der Waals surface area contributed by atoms with Crippen molar-refractivity contribution in [3.63, 3.8) is 0 Å². The fourth-order valence-corrected chi connectivity index (χ4v) is 2.88.